The highest BCUT2D eigenvalue weighted by Crippen LogP contribution is 2.06. The van der Waals surface area contributed by atoms with Crippen molar-refractivity contribution in [2.24, 2.45) is 0 Å². The number of aryl methyl sites for hydroxylation is 1. The van der Waals surface area contributed by atoms with E-state index in [9.17, 15) is 8.42 Å². The average Bonchev–Trinajstić information content (AvgIpc) is 2.38. The highest BCUT2D eigenvalue weighted by molar-refractivity contribution is 7.89. The Morgan fingerprint density at radius 3 is 2.42 bits per heavy atom. The zero-order chi connectivity index (χ0) is 12.8. The third-order valence-corrected chi connectivity index (χ3v) is 4.62. The summed E-state index contributed by atoms with van der Waals surface area (Å²) < 4.78 is 26.7. The Hall–Kier alpha value is -0.620. The SMILES string of the molecule is Cl.O=S(=O)(CCc1ccccc1)NC1CCNCC1. The molecule has 4 nitrogen and oxygen atoms in total. The van der Waals surface area contributed by atoms with Crippen molar-refractivity contribution in [3.05, 3.63) is 35.9 Å². The molecular formula is C13H21ClN2O2S. The minimum absolute atomic E-state index is 0. The number of rotatable bonds is 5. The van der Waals surface area contributed by atoms with Gasteiger partial charge in [0.05, 0.1) is 5.75 Å². The molecule has 0 bridgehead atoms. The summed E-state index contributed by atoms with van der Waals surface area (Å²) in [4.78, 5) is 0. The van der Waals surface area contributed by atoms with Gasteiger partial charge in [-0.15, -0.1) is 12.4 Å². The maximum atomic E-state index is 11.9. The Balaban J connectivity index is 0.00000180. The fraction of sp³-hybridized carbons (Fsp3) is 0.538. The number of sulfonamides is 1. The Morgan fingerprint density at radius 2 is 1.79 bits per heavy atom. The van der Waals surface area contributed by atoms with Crippen LogP contribution in [0.15, 0.2) is 30.3 Å². The van der Waals surface area contributed by atoms with E-state index in [1.54, 1.807) is 0 Å². The summed E-state index contributed by atoms with van der Waals surface area (Å²) in [7, 11) is -3.16. The van der Waals surface area contributed by atoms with Gasteiger partial charge in [0.2, 0.25) is 10.0 Å². The van der Waals surface area contributed by atoms with Crippen molar-refractivity contribution in [1.29, 1.82) is 0 Å². The van der Waals surface area contributed by atoms with Gasteiger partial charge in [-0.3, -0.25) is 0 Å². The second-order valence-corrected chi connectivity index (χ2v) is 6.57. The molecule has 0 radical (unpaired) electrons. The van der Waals surface area contributed by atoms with Gasteiger partial charge < -0.3 is 5.32 Å². The van der Waals surface area contributed by atoms with Crippen molar-refractivity contribution in [2.75, 3.05) is 18.8 Å². The second kappa shape index (κ2) is 7.85. The van der Waals surface area contributed by atoms with Crippen LogP contribution in [-0.2, 0) is 16.4 Å². The van der Waals surface area contributed by atoms with Gasteiger partial charge in [0.25, 0.3) is 0 Å². The van der Waals surface area contributed by atoms with Crippen LogP contribution >= 0.6 is 12.4 Å². The molecule has 1 saturated heterocycles. The molecule has 1 fully saturated rings. The van der Waals surface area contributed by atoms with Gasteiger partial charge >= 0.3 is 0 Å². The maximum Gasteiger partial charge on any atom is 0.212 e. The summed E-state index contributed by atoms with van der Waals surface area (Å²) in [6, 6.07) is 9.82. The first-order valence-corrected chi connectivity index (χ1v) is 8.05. The lowest BCUT2D eigenvalue weighted by atomic mass is 10.1. The van der Waals surface area contributed by atoms with E-state index in [4.69, 9.17) is 0 Å². The summed E-state index contributed by atoms with van der Waals surface area (Å²) in [6.07, 6.45) is 2.33. The van der Waals surface area contributed by atoms with Crippen LogP contribution in [0.2, 0.25) is 0 Å². The molecule has 2 N–H and O–H groups in total. The van der Waals surface area contributed by atoms with E-state index < -0.39 is 10.0 Å². The molecule has 0 unspecified atom stereocenters. The van der Waals surface area contributed by atoms with E-state index in [0.29, 0.717) is 6.42 Å². The predicted octanol–water partition coefficient (Wildman–Crippen LogP) is 1.32. The Morgan fingerprint density at radius 1 is 1.16 bits per heavy atom. The normalized spacial score (nSPS) is 16.8. The summed E-state index contributed by atoms with van der Waals surface area (Å²) in [6.45, 7) is 1.79. The summed E-state index contributed by atoms with van der Waals surface area (Å²) >= 11 is 0. The average molecular weight is 305 g/mol. The molecule has 1 aliphatic rings. The predicted molar refractivity (Wildman–Crippen MR) is 80.2 cm³/mol. The lowest BCUT2D eigenvalue weighted by molar-refractivity contribution is 0.427. The molecule has 1 aromatic carbocycles. The lowest BCUT2D eigenvalue weighted by Gasteiger charge is -2.23. The molecular weight excluding hydrogens is 284 g/mol. The zero-order valence-electron chi connectivity index (χ0n) is 10.8. The molecule has 108 valence electrons. The quantitative estimate of drug-likeness (QED) is 0.862. The fourth-order valence-corrected chi connectivity index (χ4v) is 3.52. The minimum Gasteiger partial charge on any atom is -0.317 e. The number of nitrogens with one attached hydrogen (secondary N) is 2. The van der Waals surface area contributed by atoms with Crippen LogP contribution in [-0.4, -0.2) is 33.3 Å². The minimum atomic E-state index is -3.16. The molecule has 0 aromatic heterocycles. The Labute approximate surface area is 121 Å². The molecule has 1 heterocycles. The van der Waals surface area contributed by atoms with Crippen molar-refractivity contribution in [3.8, 4) is 0 Å². The van der Waals surface area contributed by atoms with Crippen LogP contribution in [0.1, 0.15) is 18.4 Å². The monoisotopic (exact) mass is 304 g/mol. The number of hydrogen-bond acceptors (Lipinski definition) is 3. The van der Waals surface area contributed by atoms with Crippen molar-refractivity contribution in [3.63, 3.8) is 0 Å². The summed E-state index contributed by atoms with van der Waals surface area (Å²) in [5, 5.41) is 3.22. The molecule has 1 aliphatic heterocycles. The van der Waals surface area contributed by atoms with Crippen molar-refractivity contribution < 1.29 is 8.42 Å². The molecule has 1 aromatic rings. The van der Waals surface area contributed by atoms with Gasteiger partial charge in [0, 0.05) is 6.04 Å². The molecule has 6 heteroatoms. The molecule has 0 spiro atoms. The van der Waals surface area contributed by atoms with Crippen LogP contribution < -0.4 is 10.0 Å². The van der Waals surface area contributed by atoms with E-state index in [1.165, 1.54) is 0 Å². The van der Waals surface area contributed by atoms with Gasteiger partial charge in [0.1, 0.15) is 0 Å². The summed E-state index contributed by atoms with van der Waals surface area (Å²) in [5.41, 5.74) is 1.06. The van der Waals surface area contributed by atoms with Gasteiger partial charge in [-0.25, -0.2) is 13.1 Å². The zero-order valence-corrected chi connectivity index (χ0v) is 12.5. The van der Waals surface area contributed by atoms with E-state index in [0.717, 1.165) is 31.5 Å². The third-order valence-electron chi connectivity index (χ3n) is 3.19. The van der Waals surface area contributed by atoms with Gasteiger partial charge in [0.15, 0.2) is 0 Å². The molecule has 0 aliphatic carbocycles. The molecule has 2 rings (SSSR count). The number of hydrogen-bond donors (Lipinski definition) is 2. The highest BCUT2D eigenvalue weighted by atomic mass is 35.5. The molecule has 0 saturated carbocycles. The first-order valence-electron chi connectivity index (χ1n) is 6.40. The van der Waals surface area contributed by atoms with Gasteiger partial charge in [-0.2, -0.15) is 0 Å². The van der Waals surface area contributed by atoms with Crippen molar-refractivity contribution in [1.82, 2.24) is 10.0 Å². The molecule has 0 amide bonds. The van der Waals surface area contributed by atoms with E-state index in [1.807, 2.05) is 30.3 Å². The van der Waals surface area contributed by atoms with Gasteiger partial charge in [-0.1, -0.05) is 30.3 Å². The van der Waals surface area contributed by atoms with Crippen molar-refractivity contribution in [2.45, 2.75) is 25.3 Å². The van der Waals surface area contributed by atoms with E-state index in [2.05, 4.69) is 10.0 Å². The van der Waals surface area contributed by atoms with Crippen LogP contribution in [0.4, 0.5) is 0 Å². The third kappa shape index (κ3) is 5.91. The highest BCUT2D eigenvalue weighted by Gasteiger charge is 2.19. The largest absolute Gasteiger partial charge is 0.317 e. The van der Waals surface area contributed by atoms with E-state index >= 15 is 0 Å². The first kappa shape index (κ1) is 16.4. The lowest BCUT2D eigenvalue weighted by Crippen LogP contribution is -2.43. The van der Waals surface area contributed by atoms with Crippen LogP contribution in [0.25, 0.3) is 0 Å². The fourth-order valence-electron chi connectivity index (χ4n) is 2.15. The smallest absolute Gasteiger partial charge is 0.212 e. The number of halogens is 1. The van der Waals surface area contributed by atoms with Crippen LogP contribution in [0, 0.1) is 0 Å². The Bertz CT molecular complexity index is 459. The van der Waals surface area contributed by atoms with Crippen LogP contribution in [0.3, 0.4) is 0 Å². The van der Waals surface area contributed by atoms with Crippen molar-refractivity contribution >= 4 is 22.4 Å². The van der Waals surface area contributed by atoms with Gasteiger partial charge in [-0.05, 0) is 37.9 Å². The van der Waals surface area contributed by atoms with Crippen LogP contribution in [0.5, 0.6) is 0 Å². The number of piperidine rings is 1. The summed E-state index contributed by atoms with van der Waals surface area (Å²) in [5.74, 6) is 0.168. The maximum absolute atomic E-state index is 11.9. The standard InChI is InChI=1S/C13H20N2O2S.ClH/c16-18(17,15-13-6-9-14-10-7-13)11-8-12-4-2-1-3-5-12;/h1-5,13-15H,6-11H2;1H. The number of benzene rings is 1. The molecule has 0 atom stereocenters. The Kier molecular flexibility index (Phi) is 6.79. The molecule has 19 heavy (non-hydrogen) atoms. The first-order chi connectivity index (χ1) is 8.66. The topological polar surface area (TPSA) is 58.2 Å². The second-order valence-electron chi connectivity index (χ2n) is 4.70. The van der Waals surface area contributed by atoms with E-state index in [-0.39, 0.29) is 24.2 Å².